The van der Waals surface area contributed by atoms with E-state index in [1.807, 2.05) is 13.8 Å². The first-order chi connectivity index (χ1) is 7.97. The zero-order valence-corrected chi connectivity index (χ0v) is 10.7. The van der Waals surface area contributed by atoms with Gasteiger partial charge in [-0.2, -0.15) is 15.0 Å². The number of anilines is 1. The molecule has 0 radical (unpaired) electrons. The minimum atomic E-state index is 0.117. The summed E-state index contributed by atoms with van der Waals surface area (Å²) in [7, 11) is 0. The van der Waals surface area contributed by atoms with Crippen molar-refractivity contribution in [2.75, 3.05) is 5.73 Å². The molecule has 1 aromatic carbocycles. The van der Waals surface area contributed by atoms with Crippen LogP contribution in [-0.2, 0) is 0 Å². The van der Waals surface area contributed by atoms with Crippen molar-refractivity contribution in [2.24, 2.45) is 0 Å². The number of aromatic nitrogens is 3. The van der Waals surface area contributed by atoms with Crippen LogP contribution < -0.4 is 5.73 Å². The van der Waals surface area contributed by atoms with Gasteiger partial charge in [0.25, 0.3) is 0 Å². The van der Waals surface area contributed by atoms with Crippen molar-refractivity contribution in [1.29, 1.82) is 0 Å². The highest BCUT2D eigenvalue weighted by molar-refractivity contribution is 6.28. The Balaban J connectivity index is 2.68. The molecule has 2 rings (SSSR count). The number of hydrogen-bond acceptors (Lipinski definition) is 4. The highest BCUT2D eigenvalue weighted by atomic mass is 35.5. The normalized spacial score (nSPS) is 10.6. The molecular formula is C12H13ClN4. The van der Waals surface area contributed by atoms with Crippen molar-refractivity contribution in [3.05, 3.63) is 34.1 Å². The second-order valence-electron chi connectivity index (χ2n) is 4.06. The molecule has 5 heteroatoms. The molecule has 0 aliphatic rings. The number of aryl methyl sites for hydroxylation is 3. The van der Waals surface area contributed by atoms with Crippen LogP contribution in [0.3, 0.4) is 0 Å². The molecule has 2 aromatic rings. The molecule has 0 spiro atoms. The summed E-state index contributed by atoms with van der Waals surface area (Å²) in [6.45, 7) is 6.09. The maximum atomic E-state index is 5.79. The van der Waals surface area contributed by atoms with Gasteiger partial charge >= 0.3 is 0 Å². The lowest BCUT2D eigenvalue weighted by molar-refractivity contribution is 1.06. The van der Waals surface area contributed by atoms with Crippen LogP contribution in [0.15, 0.2) is 12.1 Å². The van der Waals surface area contributed by atoms with E-state index in [9.17, 15) is 0 Å². The number of nitrogen functional groups attached to an aromatic ring is 1. The molecule has 1 heterocycles. The van der Waals surface area contributed by atoms with Crippen molar-refractivity contribution in [2.45, 2.75) is 20.8 Å². The largest absolute Gasteiger partial charge is 0.368 e. The van der Waals surface area contributed by atoms with Gasteiger partial charge in [-0.15, -0.1) is 0 Å². The molecule has 1 aromatic heterocycles. The molecule has 88 valence electrons. The fraction of sp³-hybridized carbons (Fsp3) is 0.250. The van der Waals surface area contributed by atoms with E-state index in [2.05, 4.69) is 34.0 Å². The van der Waals surface area contributed by atoms with Gasteiger partial charge in [0.2, 0.25) is 11.2 Å². The van der Waals surface area contributed by atoms with Crippen molar-refractivity contribution in [3.63, 3.8) is 0 Å². The van der Waals surface area contributed by atoms with Gasteiger partial charge in [-0.25, -0.2) is 0 Å². The Morgan fingerprint density at radius 3 is 2.12 bits per heavy atom. The predicted molar refractivity (Wildman–Crippen MR) is 68.9 cm³/mol. The summed E-state index contributed by atoms with van der Waals surface area (Å²) in [5, 5.41) is 0.117. The molecule has 0 amide bonds. The first kappa shape index (κ1) is 11.8. The Morgan fingerprint density at radius 2 is 1.59 bits per heavy atom. The average molecular weight is 249 g/mol. The fourth-order valence-electron chi connectivity index (χ4n) is 2.01. The lowest BCUT2D eigenvalue weighted by atomic mass is 9.99. The second-order valence-corrected chi connectivity index (χ2v) is 4.40. The van der Waals surface area contributed by atoms with Crippen LogP contribution in [0.1, 0.15) is 16.7 Å². The number of nitrogens with zero attached hydrogens (tertiary/aromatic N) is 3. The van der Waals surface area contributed by atoms with Gasteiger partial charge in [-0.05, 0) is 43.5 Å². The maximum absolute atomic E-state index is 5.79. The molecule has 4 nitrogen and oxygen atoms in total. The zero-order chi connectivity index (χ0) is 12.6. The Bertz CT molecular complexity index is 537. The maximum Gasteiger partial charge on any atom is 0.227 e. The summed E-state index contributed by atoms with van der Waals surface area (Å²) in [5.74, 6) is 0.664. The third-order valence-electron chi connectivity index (χ3n) is 2.53. The number of benzene rings is 1. The van der Waals surface area contributed by atoms with Crippen molar-refractivity contribution < 1.29 is 0 Å². The number of rotatable bonds is 1. The number of nitrogens with two attached hydrogens (primary N) is 1. The standard InChI is InChI=1S/C12H13ClN4/c1-6-4-7(2)9(8(3)5-6)10-15-11(13)17-12(14)16-10/h4-5H,1-3H3,(H2,14,15,16,17). The Hall–Kier alpha value is -1.68. The number of halogens is 1. The fourth-order valence-corrected chi connectivity index (χ4v) is 2.18. The zero-order valence-electron chi connectivity index (χ0n) is 9.95. The lowest BCUT2D eigenvalue weighted by Gasteiger charge is -2.10. The van der Waals surface area contributed by atoms with E-state index in [1.54, 1.807) is 0 Å². The molecule has 17 heavy (non-hydrogen) atoms. The van der Waals surface area contributed by atoms with E-state index in [1.165, 1.54) is 5.56 Å². The van der Waals surface area contributed by atoms with Gasteiger partial charge in [0.1, 0.15) is 0 Å². The average Bonchev–Trinajstić information content (AvgIpc) is 2.13. The van der Waals surface area contributed by atoms with E-state index in [4.69, 9.17) is 17.3 Å². The van der Waals surface area contributed by atoms with Crippen molar-refractivity contribution in [1.82, 2.24) is 15.0 Å². The van der Waals surface area contributed by atoms with E-state index in [0.717, 1.165) is 16.7 Å². The topological polar surface area (TPSA) is 64.7 Å². The van der Waals surface area contributed by atoms with Crippen LogP contribution in [0.4, 0.5) is 5.95 Å². The molecule has 0 aliphatic heterocycles. The summed E-state index contributed by atoms with van der Waals surface area (Å²) >= 11 is 5.79. The quantitative estimate of drug-likeness (QED) is 0.843. The third-order valence-corrected chi connectivity index (χ3v) is 2.70. The highest BCUT2D eigenvalue weighted by Crippen LogP contribution is 2.26. The van der Waals surface area contributed by atoms with Gasteiger partial charge in [0, 0.05) is 5.56 Å². The summed E-state index contributed by atoms with van der Waals surface area (Å²) in [6, 6.07) is 4.16. The molecule has 0 saturated carbocycles. The molecule has 0 unspecified atom stereocenters. The van der Waals surface area contributed by atoms with Gasteiger partial charge < -0.3 is 5.73 Å². The molecule has 0 atom stereocenters. The third kappa shape index (κ3) is 2.36. The summed E-state index contributed by atoms with van der Waals surface area (Å²) < 4.78 is 0. The van der Waals surface area contributed by atoms with E-state index in [-0.39, 0.29) is 11.2 Å². The Kier molecular flexibility index (Phi) is 2.98. The van der Waals surface area contributed by atoms with Crippen LogP contribution in [0.2, 0.25) is 5.28 Å². The molecule has 0 fully saturated rings. The first-order valence-electron chi connectivity index (χ1n) is 5.22. The molecular weight excluding hydrogens is 236 g/mol. The monoisotopic (exact) mass is 248 g/mol. The van der Waals surface area contributed by atoms with Crippen molar-refractivity contribution in [3.8, 4) is 11.4 Å². The summed E-state index contributed by atoms with van der Waals surface area (Å²) in [6.07, 6.45) is 0. The molecule has 0 saturated heterocycles. The van der Waals surface area contributed by atoms with Crippen LogP contribution in [0, 0.1) is 20.8 Å². The SMILES string of the molecule is Cc1cc(C)c(-c2nc(N)nc(Cl)n2)c(C)c1. The minimum Gasteiger partial charge on any atom is -0.368 e. The van der Waals surface area contributed by atoms with Crippen LogP contribution in [0.25, 0.3) is 11.4 Å². The lowest BCUT2D eigenvalue weighted by Crippen LogP contribution is -2.02. The Labute approximate surface area is 105 Å². The summed E-state index contributed by atoms with van der Waals surface area (Å²) in [4.78, 5) is 12.0. The first-order valence-corrected chi connectivity index (χ1v) is 5.60. The Morgan fingerprint density at radius 1 is 1.00 bits per heavy atom. The van der Waals surface area contributed by atoms with Gasteiger partial charge in [0.05, 0.1) is 0 Å². The van der Waals surface area contributed by atoms with Crippen LogP contribution >= 0.6 is 11.6 Å². The molecule has 0 bridgehead atoms. The van der Waals surface area contributed by atoms with Crippen molar-refractivity contribution >= 4 is 17.5 Å². The summed E-state index contributed by atoms with van der Waals surface area (Å²) in [5.41, 5.74) is 9.95. The van der Waals surface area contributed by atoms with Crippen LogP contribution in [-0.4, -0.2) is 15.0 Å². The highest BCUT2D eigenvalue weighted by Gasteiger charge is 2.11. The molecule has 2 N–H and O–H groups in total. The predicted octanol–water partition coefficient (Wildman–Crippen LogP) is 2.70. The van der Waals surface area contributed by atoms with Gasteiger partial charge in [0.15, 0.2) is 5.82 Å². The number of hydrogen-bond donors (Lipinski definition) is 1. The minimum absolute atomic E-state index is 0.117. The van der Waals surface area contributed by atoms with Crippen LogP contribution in [0.5, 0.6) is 0 Å². The molecule has 0 aliphatic carbocycles. The smallest absolute Gasteiger partial charge is 0.227 e. The second kappa shape index (κ2) is 4.30. The van der Waals surface area contributed by atoms with E-state index < -0.39 is 0 Å². The van der Waals surface area contributed by atoms with Gasteiger partial charge in [-0.3, -0.25) is 0 Å². The van der Waals surface area contributed by atoms with Gasteiger partial charge in [-0.1, -0.05) is 17.7 Å². The van der Waals surface area contributed by atoms with E-state index >= 15 is 0 Å². The van der Waals surface area contributed by atoms with E-state index in [0.29, 0.717) is 5.82 Å².